The van der Waals surface area contributed by atoms with E-state index >= 15 is 0 Å². The van der Waals surface area contributed by atoms with E-state index in [1.807, 2.05) is 23.4 Å². The Morgan fingerprint density at radius 1 is 1.38 bits per heavy atom. The molecule has 0 unspecified atom stereocenters. The highest BCUT2D eigenvalue weighted by atomic mass is 32.1. The highest BCUT2D eigenvalue weighted by Gasteiger charge is 2.36. The fraction of sp³-hybridized carbons (Fsp3) is 0.533. The van der Waals surface area contributed by atoms with Gasteiger partial charge in [-0.2, -0.15) is 0 Å². The molecule has 1 saturated heterocycles. The van der Waals surface area contributed by atoms with Crippen molar-refractivity contribution >= 4 is 17.2 Å². The van der Waals surface area contributed by atoms with E-state index in [-0.39, 0.29) is 11.3 Å². The predicted octanol–water partition coefficient (Wildman–Crippen LogP) is 2.94. The maximum absolute atomic E-state index is 12.6. The van der Waals surface area contributed by atoms with Crippen LogP contribution in [0.4, 0.5) is 0 Å². The number of thiazole rings is 1. The van der Waals surface area contributed by atoms with E-state index < -0.39 is 0 Å². The molecule has 112 valence electrons. The van der Waals surface area contributed by atoms with Crippen LogP contribution in [0, 0.1) is 13.8 Å². The van der Waals surface area contributed by atoms with Gasteiger partial charge in [0.25, 0.3) is 5.91 Å². The summed E-state index contributed by atoms with van der Waals surface area (Å²) in [6, 6.07) is 0. The summed E-state index contributed by atoms with van der Waals surface area (Å²) in [4.78, 5) is 19.0. The minimum atomic E-state index is 0.0347. The molecule has 3 rings (SSSR count). The number of piperidine rings is 1. The van der Waals surface area contributed by atoms with E-state index in [0.717, 1.165) is 25.9 Å². The number of aromatic nitrogens is 2. The summed E-state index contributed by atoms with van der Waals surface area (Å²) in [5.41, 5.74) is 1.38. The van der Waals surface area contributed by atoms with Gasteiger partial charge in [-0.05, 0) is 26.7 Å². The Kier molecular flexibility index (Phi) is 3.57. The number of amides is 1. The molecule has 0 bridgehead atoms. The number of nitrogens with zero attached hydrogens (tertiary/aromatic N) is 3. The zero-order valence-corrected chi connectivity index (χ0v) is 13.4. The summed E-state index contributed by atoms with van der Waals surface area (Å²) < 4.78 is 5.10. The SMILES string of the molecule is Cc1noc(C)c1C(=O)N1CCC(C)(c2nccs2)CC1. The van der Waals surface area contributed by atoms with Gasteiger partial charge in [-0.3, -0.25) is 4.79 Å². The zero-order valence-electron chi connectivity index (χ0n) is 12.5. The van der Waals surface area contributed by atoms with Crippen molar-refractivity contribution in [3.8, 4) is 0 Å². The molecule has 0 aromatic carbocycles. The third-order valence-electron chi connectivity index (χ3n) is 4.35. The summed E-state index contributed by atoms with van der Waals surface area (Å²) in [5.74, 6) is 0.637. The zero-order chi connectivity index (χ0) is 15.0. The van der Waals surface area contributed by atoms with Crippen molar-refractivity contribution < 1.29 is 9.32 Å². The molecule has 0 saturated carbocycles. The molecule has 0 N–H and O–H groups in total. The highest BCUT2D eigenvalue weighted by molar-refractivity contribution is 7.09. The molecule has 0 spiro atoms. The van der Waals surface area contributed by atoms with Gasteiger partial charge in [0.15, 0.2) is 0 Å². The first kappa shape index (κ1) is 14.3. The van der Waals surface area contributed by atoms with E-state index in [9.17, 15) is 4.79 Å². The van der Waals surface area contributed by atoms with Crippen LogP contribution in [0.5, 0.6) is 0 Å². The topological polar surface area (TPSA) is 59.2 Å². The monoisotopic (exact) mass is 305 g/mol. The molecule has 1 fully saturated rings. The summed E-state index contributed by atoms with van der Waals surface area (Å²) in [6.07, 6.45) is 3.73. The third kappa shape index (κ3) is 2.48. The van der Waals surface area contributed by atoms with Crippen LogP contribution in [-0.4, -0.2) is 34.0 Å². The quantitative estimate of drug-likeness (QED) is 0.856. The van der Waals surface area contributed by atoms with Crippen LogP contribution in [0.3, 0.4) is 0 Å². The van der Waals surface area contributed by atoms with Gasteiger partial charge in [-0.15, -0.1) is 11.3 Å². The molecule has 1 amide bonds. The van der Waals surface area contributed by atoms with E-state index in [2.05, 4.69) is 17.1 Å². The second kappa shape index (κ2) is 5.26. The number of carbonyl (C=O) groups excluding carboxylic acids is 1. The van der Waals surface area contributed by atoms with Gasteiger partial charge in [0.05, 0.1) is 10.7 Å². The lowest BCUT2D eigenvalue weighted by atomic mass is 9.81. The Morgan fingerprint density at radius 3 is 2.62 bits per heavy atom. The van der Waals surface area contributed by atoms with Crippen molar-refractivity contribution in [3.05, 3.63) is 33.6 Å². The first-order valence-electron chi connectivity index (χ1n) is 7.13. The van der Waals surface area contributed by atoms with Crippen molar-refractivity contribution in [2.24, 2.45) is 0 Å². The summed E-state index contributed by atoms with van der Waals surface area (Å²) in [7, 11) is 0. The smallest absolute Gasteiger partial charge is 0.259 e. The number of aryl methyl sites for hydroxylation is 2. The van der Waals surface area contributed by atoms with E-state index in [0.29, 0.717) is 17.0 Å². The van der Waals surface area contributed by atoms with Gasteiger partial charge >= 0.3 is 0 Å². The number of carbonyl (C=O) groups is 1. The number of rotatable bonds is 2. The Labute approximate surface area is 128 Å². The second-order valence-electron chi connectivity index (χ2n) is 5.89. The van der Waals surface area contributed by atoms with E-state index in [1.165, 1.54) is 5.01 Å². The first-order valence-corrected chi connectivity index (χ1v) is 8.01. The van der Waals surface area contributed by atoms with Crippen molar-refractivity contribution in [2.75, 3.05) is 13.1 Å². The van der Waals surface area contributed by atoms with Gasteiger partial charge in [0, 0.05) is 30.1 Å². The lowest BCUT2D eigenvalue weighted by Gasteiger charge is -2.38. The summed E-state index contributed by atoms with van der Waals surface area (Å²) >= 11 is 1.70. The Bertz CT molecular complexity index is 620. The molecule has 21 heavy (non-hydrogen) atoms. The average molecular weight is 305 g/mol. The van der Waals surface area contributed by atoms with Crippen molar-refractivity contribution in [3.63, 3.8) is 0 Å². The molecule has 0 aliphatic carbocycles. The fourth-order valence-corrected chi connectivity index (χ4v) is 3.75. The fourth-order valence-electron chi connectivity index (χ4n) is 2.89. The molecule has 6 heteroatoms. The number of hydrogen-bond acceptors (Lipinski definition) is 5. The van der Waals surface area contributed by atoms with Crippen molar-refractivity contribution in [1.82, 2.24) is 15.0 Å². The van der Waals surface area contributed by atoms with Crippen molar-refractivity contribution in [2.45, 2.75) is 39.0 Å². The van der Waals surface area contributed by atoms with Crippen LogP contribution in [0.2, 0.25) is 0 Å². The van der Waals surface area contributed by atoms with Crippen LogP contribution in [0.15, 0.2) is 16.1 Å². The molecule has 1 aliphatic heterocycles. The Morgan fingerprint density at radius 2 is 2.10 bits per heavy atom. The van der Waals surface area contributed by atoms with Crippen molar-refractivity contribution in [1.29, 1.82) is 0 Å². The summed E-state index contributed by atoms with van der Waals surface area (Å²) in [6.45, 7) is 7.34. The van der Waals surface area contributed by atoms with Crippen LogP contribution in [0.25, 0.3) is 0 Å². The molecule has 5 nitrogen and oxygen atoms in total. The maximum Gasteiger partial charge on any atom is 0.259 e. The largest absolute Gasteiger partial charge is 0.361 e. The lowest BCUT2D eigenvalue weighted by Crippen LogP contribution is -2.44. The second-order valence-corrected chi connectivity index (χ2v) is 6.78. The maximum atomic E-state index is 12.6. The molecule has 1 aliphatic rings. The van der Waals surface area contributed by atoms with Gasteiger partial charge in [-0.1, -0.05) is 12.1 Å². The van der Waals surface area contributed by atoms with Crippen LogP contribution in [-0.2, 0) is 5.41 Å². The molecule has 2 aromatic heterocycles. The first-order chi connectivity index (χ1) is 10.0. The minimum Gasteiger partial charge on any atom is -0.361 e. The standard InChI is InChI=1S/C15H19N3O2S/c1-10-12(11(2)20-17-10)13(19)18-7-4-15(3,5-8-18)14-16-6-9-21-14/h6,9H,4-5,7-8H2,1-3H3. The van der Waals surface area contributed by atoms with E-state index in [4.69, 9.17) is 4.52 Å². The summed E-state index contributed by atoms with van der Waals surface area (Å²) in [5, 5.41) is 7.06. The third-order valence-corrected chi connectivity index (χ3v) is 5.43. The Hall–Kier alpha value is -1.69. The average Bonchev–Trinajstić information content (AvgIpc) is 3.10. The predicted molar refractivity (Wildman–Crippen MR) is 80.6 cm³/mol. The van der Waals surface area contributed by atoms with Gasteiger partial charge in [0.2, 0.25) is 0 Å². The molecular formula is C15H19N3O2S. The molecule has 0 atom stereocenters. The van der Waals surface area contributed by atoms with Crippen LogP contribution < -0.4 is 0 Å². The molecule has 0 radical (unpaired) electrons. The van der Waals surface area contributed by atoms with E-state index in [1.54, 1.807) is 18.3 Å². The van der Waals surface area contributed by atoms with Crippen LogP contribution in [0.1, 0.15) is 46.6 Å². The van der Waals surface area contributed by atoms with Gasteiger partial charge < -0.3 is 9.42 Å². The molecule has 2 aromatic rings. The normalized spacial score (nSPS) is 18.0. The molecular weight excluding hydrogens is 286 g/mol. The van der Waals surface area contributed by atoms with Gasteiger partial charge in [0.1, 0.15) is 11.3 Å². The lowest BCUT2D eigenvalue weighted by molar-refractivity contribution is 0.0673. The number of likely N-dealkylation sites (tertiary alicyclic amines) is 1. The molecule has 3 heterocycles. The Balaban J connectivity index is 1.73. The number of hydrogen-bond donors (Lipinski definition) is 0. The van der Waals surface area contributed by atoms with Gasteiger partial charge in [-0.25, -0.2) is 4.98 Å². The minimum absolute atomic E-state index is 0.0347. The van der Waals surface area contributed by atoms with Crippen LogP contribution >= 0.6 is 11.3 Å². The highest BCUT2D eigenvalue weighted by Crippen LogP contribution is 2.36.